The maximum atomic E-state index is 14.0. The molecule has 400 valence electrons. The van der Waals surface area contributed by atoms with Gasteiger partial charge in [0.15, 0.2) is 5.96 Å². The standard InChI is InChI=1S/C42H66N14O14S2/c1-19(2)31-39(67)50-24(11-12-29(44)59)35(63)49-23(10-7-13-48-42(46)47)34(62)51-26(15-30(45)60)37(65)54-28(41(69)70)18-72-71-17-22(43)33(61)56-32(20(3)58)40(68)52-25(14-21-8-5-4-6-9-21)36(64)53-27(16-57)38(66)55-31/h4-6,8-9,19-20,22-28,31-32,57-58H,7,10-18,43H2,1-3H3,(H2,44,59)(H2,45,60)(H,49,63)(H,50,67)(H,51,62)(H,52,68)(H,53,64)(H,54,65)(H,55,66)(H,56,61)(H,69,70)(H4,46,47,48)/t20-,22+,23+,24+,25+,26+,27+,28+,31+,32+/m1/s1. The van der Waals surface area contributed by atoms with Crippen LogP contribution in [0.4, 0.5) is 0 Å². The molecule has 0 spiro atoms. The van der Waals surface area contributed by atoms with Gasteiger partial charge in [0.2, 0.25) is 59.1 Å². The first-order chi connectivity index (χ1) is 33.8. The van der Waals surface area contributed by atoms with Gasteiger partial charge in [0.25, 0.3) is 0 Å². The summed E-state index contributed by atoms with van der Waals surface area (Å²) in [6, 6.07) is -6.39. The Labute approximate surface area is 421 Å². The van der Waals surface area contributed by atoms with Crippen LogP contribution in [0.5, 0.6) is 0 Å². The van der Waals surface area contributed by atoms with Crippen LogP contribution in [0.2, 0.25) is 0 Å². The fraction of sp³-hybridized carbons (Fsp3) is 0.571. The Morgan fingerprint density at radius 3 is 1.69 bits per heavy atom. The van der Waals surface area contributed by atoms with Crippen molar-refractivity contribution in [2.75, 3.05) is 24.7 Å². The van der Waals surface area contributed by atoms with Gasteiger partial charge in [0.05, 0.1) is 25.2 Å². The van der Waals surface area contributed by atoms with Gasteiger partial charge in [-0.25, -0.2) is 4.79 Å². The highest BCUT2D eigenvalue weighted by atomic mass is 33.1. The lowest BCUT2D eigenvalue weighted by Gasteiger charge is -2.29. The fourth-order valence-corrected chi connectivity index (χ4v) is 8.82. The number of guanidine groups is 1. The van der Waals surface area contributed by atoms with Crippen LogP contribution in [-0.4, -0.2) is 171 Å². The zero-order valence-electron chi connectivity index (χ0n) is 39.8. The van der Waals surface area contributed by atoms with E-state index in [0.717, 1.165) is 21.6 Å². The molecule has 0 bridgehead atoms. The lowest BCUT2D eigenvalue weighted by Crippen LogP contribution is -2.62. The molecule has 1 fully saturated rings. The number of primary amides is 2. The summed E-state index contributed by atoms with van der Waals surface area (Å²) in [7, 11) is 1.73. The molecule has 1 heterocycles. The van der Waals surface area contributed by atoms with E-state index in [-0.39, 0.29) is 43.3 Å². The van der Waals surface area contributed by atoms with Crippen LogP contribution in [0.15, 0.2) is 35.3 Å². The summed E-state index contributed by atoms with van der Waals surface area (Å²) in [5.74, 6) is -13.7. The Balaban J connectivity index is 2.70. The number of aliphatic hydroxyl groups is 2. The fourth-order valence-electron chi connectivity index (χ4n) is 6.55. The van der Waals surface area contributed by atoms with Gasteiger partial charge in [0, 0.05) is 30.9 Å². The predicted molar refractivity (Wildman–Crippen MR) is 262 cm³/mol. The Kier molecular flexibility index (Phi) is 26.3. The molecule has 30 heteroatoms. The molecule has 21 N–H and O–H groups in total. The van der Waals surface area contributed by atoms with Crippen molar-refractivity contribution in [2.24, 2.45) is 39.6 Å². The number of rotatable bonds is 15. The molecule has 1 aromatic rings. The molecule has 1 saturated heterocycles. The number of nitrogens with one attached hydrogen (secondary N) is 8. The minimum Gasteiger partial charge on any atom is -0.480 e. The van der Waals surface area contributed by atoms with Gasteiger partial charge in [-0.2, -0.15) is 0 Å². The molecule has 10 atom stereocenters. The number of carbonyl (C=O) groups is 11. The lowest BCUT2D eigenvalue weighted by atomic mass is 10.0. The van der Waals surface area contributed by atoms with E-state index in [1.165, 1.54) is 20.8 Å². The van der Waals surface area contributed by atoms with E-state index in [9.17, 15) is 68.1 Å². The summed E-state index contributed by atoms with van der Waals surface area (Å²) in [4.78, 5) is 150. The van der Waals surface area contributed by atoms with E-state index in [1.807, 2.05) is 0 Å². The SMILES string of the molecule is CC(C)[C@@H]1NC(=O)[C@H](CO)NC(=O)[C@H](Cc2ccccc2)NC(=O)[C@H]([C@@H](C)O)NC(=O)[C@@H](N)CSSC[C@@H](C(=O)O)NC(=O)[C@H](CC(N)=O)NC(=O)[C@H](CCCN=C(N)N)NC(=O)[C@H](CCC(N)=O)NC1=O. The zero-order chi connectivity index (χ0) is 54.2. The average Bonchev–Trinajstić information content (AvgIpc) is 3.30. The Bertz CT molecular complexity index is 2120. The smallest absolute Gasteiger partial charge is 0.327 e. The summed E-state index contributed by atoms with van der Waals surface area (Å²) < 4.78 is 0. The van der Waals surface area contributed by atoms with Gasteiger partial charge in [-0.15, -0.1) is 0 Å². The van der Waals surface area contributed by atoms with E-state index < -0.39 is 157 Å². The van der Waals surface area contributed by atoms with E-state index in [0.29, 0.717) is 5.56 Å². The molecule has 72 heavy (non-hydrogen) atoms. The summed E-state index contributed by atoms with van der Waals surface area (Å²) in [5, 5.41) is 49.8. The maximum Gasteiger partial charge on any atom is 0.327 e. The van der Waals surface area contributed by atoms with E-state index in [2.05, 4.69) is 47.5 Å². The van der Waals surface area contributed by atoms with Gasteiger partial charge in [-0.1, -0.05) is 65.8 Å². The van der Waals surface area contributed by atoms with Gasteiger partial charge in [0.1, 0.15) is 48.3 Å². The van der Waals surface area contributed by atoms with Gasteiger partial charge in [-0.05, 0) is 37.7 Å². The van der Waals surface area contributed by atoms with E-state index in [1.54, 1.807) is 30.3 Å². The van der Waals surface area contributed by atoms with Gasteiger partial charge < -0.3 is 86.5 Å². The molecule has 10 amide bonds. The Morgan fingerprint density at radius 2 is 1.14 bits per heavy atom. The van der Waals surface area contributed by atoms with Gasteiger partial charge in [-0.3, -0.25) is 52.9 Å². The number of hydrogen-bond acceptors (Lipinski definition) is 17. The molecular formula is C42H66N14O14S2. The van der Waals surface area contributed by atoms with Crippen molar-refractivity contribution in [1.82, 2.24) is 42.5 Å². The third-order valence-electron chi connectivity index (χ3n) is 10.5. The van der Waals surface area contributed by atoms with Crippen molar-refractivity contribution in [3.63, 3.8) is 0 Å². The molecule has 1 aliphatic rings. The quantitative estimate of drug-likeness (QED) is 0.0336. The maximum absolute atomic E-state index is 14.0. The van der Waals surface area contributed by atoms with E-state index >= 15 is 0 Å². The Hall–Kier alpha value is -6.76. The molecule has 0 aromatic heterocycles. The summed E-state index contributed by atoms with van der Waals surface area (Å²) >= 11 is 0. The second-order valence-corrected chi connectivity index (χ2v) is 19.4. The minimum absolute atomic E-state index is 0.00703. The predicted octanol–water partition coefficient (Wildman–Crippen LogP) is -6.86. The number of hydrogen-bond donors (Lipinski definition) is 16. The highest BCUT2D eigenvalue weighted by molar-refractivity contribution is 8.76. The van der Waals surface area contributed by atoms with E-state index in [4.69, 9.17) is 28.7 Å². The molecule has 28 nitrogen and oxygen atoms in total. The summed E-state index contributed by atoms with van der Waals surface area (Å²) in [5.41, 5.74) is 28.2. The van der Waals surface area contributed by atoms with Crippen molar-refractivity contribution >= 4 is 92.6 Å². The number of carboxylic acid groups (broad SMARTS) is 1. The highest BCUT2D eigenvalue weighted by Crippen LogP contribution is 2.23. The number of carboxylic acids is 1. The van der Waals surface area contributed by atoms with Crippen LogP contribution in [0.25, 0.3) is 0 Å². The average molecular weight is 1060 g/mol. The van der Waals surface area contributed by atoms with Crippen LogP contribution < -0.4 is 71.2 Å². The molecule has 1 aliphatic heterocycles. The summed E-state index contributed by atoms with van der Waals surface area (Å²) in [6.45, 7) is 3.07. The number of aliphatic imine (C=N–C) groups is 1. The first-order valence-electron chi connectivity index (χ1n) is 22.5. The van der Waals surface area contributed by atoms with Crippen molar-refractivity contribution in [3.05, 3.63) is 35.9 Å². The lowest BCUT2D eigenvalue weighted by molar-refractivity contribution is -0.142. The van der Waals surface area contributed by atoms with Crippen molar-refractivity contribution in [3.8, 4) is 0 Å². The topological polar surface area (TPSA) is 487 Å². The second kappa shape index (κ2) is 30.9. The molecular weight excluding hydrogens is 989 g/mol. The number of aliphatic carboxylic acids is 1. The Morgan fingerprint density at radius 1 is 0.639 bits per heavy atom. The number of amides is 10. The number of nitrogens with zero attached hydrogens (tertiary/aromatic N) is 1. The minimum atomic E-state index is -1.82. The molecule has 0 unspecified atom stereocenters. The first-order valence-corrected chi connectivity index (χ1v) is 24.9. The molecule has 2 rings (SSSR count). The zero-order valence-corrected chi connectivity index (χ0v) is 41.4. The second-order valence-electron chi connectivity index (χ2n) is 16.8. The van der Waals surface area contributed by atoms with Crippen LogP contribution in [-0.2, 0) is 59.2 Å². The molecule has 0 radical (unpaired) electrons. The van der Waals surface area contributed by atoms with Crippen molar-refractivity contribution in [1.29, 1.82) is 0 Å². The normalized spacial score (nSPS) is 25.7. The largest absolute Gasteiger partial charge is 0.480 e. The first kappa shape index (κ1) is 61.4. The highest BCUT2D eigenvalue weighted by Gasteiger charge is 2.37. The number of carbonyl (C=O) groups excluding carboxylic acids is 10. The van der Waals surface area contributed by atoms with Gasteiger partial charge >= 0.3 is 5.97 Å². The number of aliphatic hydroxyl groups excluding tert-OH is 2. The third-order valence-corrected chi connectivity index (χ3v) is 12.9. The van der Waals surface area contributed by atoms with Crippen molar-refractivity contribution < 1.29 is 68.1 Å². The summed E-state index contributed by atoms with van der Waals surface area (Å²) in [6.07, 6.45) is -3.83. The van der Waals surface area contributed by atoms with Crippen LogP contribution in [0.3, 0.4) is 0 Å². The number of benzene rings is 1. The molecule has 0 aliphatic carbocycles. The third kappa shape index (κ3) is 21.7. The molecule has 1 aromatic carbocycles. The van der Waals surface area contributed by atoms with Crippen LogP contribution >= 0.6 is 21.6 Å². The number of nitrogens with two attached hydrogens (primary N) is 5. The van der Waals surface area contributed by atoms with Crippen LogP contribution in [0, 0.1) is 5.92 Å². The molecule has 0 saturated carbocycles. The van der Waals surface area contributed by atoms with Crippen molar-refractivity contribution in [2.45, 2.75) is 120 Å². The van der Waals surface area contributed by atoms with Crippen LogP contribution in [0.1, 0.15) is 58.4 Å². The monoisotopic (exact) mass is 1050 g/mol.